The third-order valence-electron chi connectivity index (χ3n) is 5.31. The summed E-state index contributed by atoms with van der Waals surface area (Å²) in [4.78, 5) is 11.9. The number of nitrogens with zero attached hydrogens (tertiary/aromatic N) is 4. The van der Waals surface area contributed by atoms with Gasteiger partial charge in [0.15, 0.2) is 0 Å². The average Bonchev–Trinajstić information content (AvgIpc) is 3.13. The van der Waals surface area contributed by atoms with E-state index in [0.29, 0.717) is 5.92 Å². The number of aryl methyl sites for hydroxylation is 1. The molecule has 2 aromatic heterocycles. The highest BCUT2D eigenvalue weighted by molar-refractivity contribution is 5.28. The van der Waals surface area contributed by atoms with Crippen LogP contribution in [0.2, 0.25) is 0 Å². The van der Waals surface area contributed by atoms with Crippen molar-refractivity contribution in [2.75, 3.05) is 19.6 Å². The Hall–Kier alpha value is -2.46. The molecule has 0 aliphatic carbocycles. The van der Waals surface area contributed by atoms with Crippen LogP contribution < -0.4 is 0 Å². The van der Waals surface area contributed by atoms with Gasteiger partial charge in [-0.15, -0.1) is 0 Å². The predicted octanol–water partition coefficient (Wildman–Crippen LogP) is 4.00. The summed E-state index contributed by atoms with van der Waals surface area (Å²) < 4.78 is 2.06. The van der Waals surface area contributed by atoms with Crippen LogP contribution in [0.4, 0.5) is 0 Å². The third-order valence-corrected chi connectivity index (χ3v) is 5.31. The predicted molar refractivity (Wildman–Crippen MR) is 105 cm³/mol. The molecule has 4 nitrogen and oxygen atoms in total. The molecule has 0 bridgehead atoms. The molecule has 1 fully saturated rings. The molecule has 0 spiro atoms. The number of rotatable bonds is 5. The van der Waals surface area contributed by atoms with Crippen molar-refractivity contribution in [3.05, 3.63) is 78.0 Å². The topological polar surface area (TPSA) is 34.0 Å². The Balaban J connectivity index is 1.44. The van der Waals surface area contributed by atoms with Gasteiger partial charge >= 0.3 is 0 Å². The number of imidazole rings is 1. The molecule has 4 rings (SSSR count). The Bertz CT molecular complexity index is 840. The van der Waals surface area contributed by atoms with Gasteiger partial charge in [-0.1, -0.05) is 36.4 Å². The number of aromatic nitrogens is 3. The lowest BCUT2D eigenvalue weighted by Gasteiger charge is -2.32. The van der Waals surface area contributed by atoms with Crippen molar-refractivity contribution in [2.45, 2.75) is 32.1 Å². The van der Waals surface area contributed by atoms with Crippen molar-refractivity contribution in [3.63, 3.8) is 0 Å². The van der Waals surface area contributed by atoms with E-state index in [1.54, 1.807) is 0 Å². The molecule has 1 aliphatic rings. The van der Waals surface area contributed by atoms with Crippen LogP contribution in [0.3, 0.4) is 0 Å². The lowest BCUT2D eigenvalue weighted by Crippen LogP contribution is -2.36. The summed E-state index contributed by atoms with van der Waals surface area (Å²) in [6.45, 7) is 5.44. The van der Waals surface area contributed by atoms with E-state index in [4.69, 9.17) is 4.98 Å². The van der Waals surface area contributed by atoms with E-state index < -0.39 is 0 Å². The SMILES string of the molecule is Cc1nccn1-c1cccc([C@@H]2CCCN(CCc3ccccc3)C2)n1. The van der Waals surface area contributed by atoms with Gasteiger partial charge in [0, 0.05) is 37.1 Å². The molecule has 0 unspecified atom stereocenters. The van der Waals surface area contributed by atoms with Crippen LogP contribution in [0.1, 0.15) is 35.8 Å². The van der Waals surface area contributed by atoms with E-state index in [2.05, 4.69) is 63.0 Å². The van der Waals surface area contributed by atoms with Crippen molar-refractivity contribution in [3.8, 4) is 5.82 Å². The summed E-state index contributed by atoms with van der Waals surface area (Å²) >= 11 is 0. The van der Waals surface area contributed by atoms with Gasteiger partial charge in [-0.3, -0.25) is 4.57 Å². The van der Waals surface area contributed by atoms with Crippen molar-refractivity contribution >= 4 is 0 Å². The van der Waals surface area contributed by atoms with Crippen LogP contribution in [0.25, 0.3) is 5.82 Å². The molecule has 134 valence electrons. The molecule has 1 saturated heterocycles. The molecule has 0 radical (unpaired) electrons. The van der Waals surface area contributed by atoms with Gasteiger partial charge in [0.2, 0.25) is 0 Å². The lowest BCUT2D eigenvalue weighted by molar-refractivity contribution is 0.208. The fraction of sp³-hybridized carbons (Fsp3) is 0.364. The normalized spacial score (nSPS) is 18.1. The van der Waals surface area contributed by atoms with Gasteiger partial charge in [-0.05, 0) is 50.4 Å². The number of hydrogen-bond donors (Lipinski definition) is 0. The third kappa shape index (κ3) is 3.86. The molecule has 0 amide bonds. The van der Waals surface area contributed by atoms with Gasteiger partial charge in [0.25, 0.3) is 0 Å². The first-order valence-electron chi connectivity index (χ1n) is 9.53. The maximum Gasteiger partial charge on any atom is 0.138 e. The number of benzene rings is 1. The van der Waals surface area contributed by atoms with Crippen LogP contribution in [-0.2, 0) is 6.42 Å². The van der Waals surface area contributed by atoms with Crippen molar-refractivity contribution in [2.24, 2.45) is 0 Å². The first-order valence-corrected chi connectivity index (χ1v) is 9.53. The fourth-order valence-corrected chi connectivity index (χ4v) is 3.85. The number of likely N-dealkylation sites (tertiary alicyclic amines) is 1. The van der Waals surface area contributed by atoms with Crippen LogP contribution in [0.15, 0.2) is 60.9 Å². The van der Waals surface area contributed by atoms with Gasteiger partial charge in [-0.25, -0.2) is 9.97 Å². The molecule has 1 atom stereocenters. The number of hydrogen-bond acceptors (Lipinski definition) is 3. The van der Waals surface area contributed by atoms with Crippen molar-refractivity contribution < 1.29 is 0 Å². The van der Waals surface area contributed by atoms with Crippen molar-refractivity contribution in [1.29, 1.82) is 0 Å². The fourth-order valence-electron chi connectivity index (χ4n) is 3.85. The molecule has 0 saturated carbocycles. The van der Waals surface area contributed by atoms with Crippen LogP contribution >= 0.6 is 0 Å². The second kappa shape index (κ2) is 7.83. The van der Waals surface area contributed by atoms with E-state index in [0.717, 1.165) is 31.2 Å². The zero-order valence-corrected chi connectivity index (χ0v) is 15.4. The van der Waals surface area contributed by atoms with Gasteiger partial charge in [0.05, 0.1) is 0 Å². The van der Waals surface area contributed by atoms with Crippen LogP contribution in [-0.4, -0.2) is 39.1 Å². The van der Waals surface area contributed by atoms with Gasteiger partial charge < -0.3 is 4.90 Å². The Labute approximate surface area is 155 Å². The molecular weight excluding hydrogens is 320 g/mol. The lowest BCUT2D eigenvalue weighted by atomic mass is 9.94. The molecule has 1 aliphatic heterocycles. The van der Waals surface area contributed by atoms with Gasteiger partial charge in [-0.2, -0.15) is 0 Å². The molecule has 1 aromatic carbocycles. The second-order valence-corrected chi connectivity index (χ2v) is 7.14. The Morgan fingerprint density at radius 3 is 2.77 bits per heavy atom. The first kappa shape index (κ1) is 17.0. The highest BCUT2D eigenvalue weighted by Crippen LogP contribution is 2.26. The number of pyridine rings is 1. The van der Waals surface area contributed by atoms with E-state index in [1.807, 2.05) is 19.3 Å². The maximum absolute atomic E-state index is 4.95. The smallest absolute Gasteiger partial charge is 0.138 e. The minimum absolute atomic E-state index is 0.517. The molecule has 3 heterocycles. The Morgan fingerprint density at radius 1 is 1.08 bits per heavy atom. The average molecular weight is 346 g/mol. The minimum Gasteiger partial charge on any atom is -0.302 e. The molecule has 3 aromatic rings. The minimum atomic E-state index is 0.517. The number of piperidine rings is 1. The van der Waals surface area contributed by atoms with Gasteiger partial charge in [0.1, 0.15) is 11.6 Å². The summed E-state index contributed by atoms with van der Waals surface area (Å²) in [5.41, 5.74) is 2.63. The summed E-state index contributed by atoms with van der Waals surface area (Å²) in [7, 11) is 0. The van der Waals surface area contributed by atoms with E-state index >= 15 is 0 Å². The monoisotopic (exact) mass is 346 g/mol. The van der Waals surface area contributed by atoms with Crippen molar-refractivity contribution in [1.82, 2.24) is 19.4 Å². The summed E-state index contributed by atoms with van der Waals surface area (Å²) in [6, 6.07) is 17.2. The highest BCUT2D eigenvalue weighted by atomic mass is 15.1. The molecule has 4 heteroatoms. The summed E-state index contributed by atoms with van der Waals surface area (Å²) in [5, 5.41) is 0. The Morgan fingerprint density at radius 2 is 1.96 bits per heavy atom. The standard InChI is InChI=1S/C22H26N4/c1-18-23-13-16-26(18)22-11-5-10-21(24-22)20-9-6-14-25(17-20)15-12-19-7-3-2-4-8-19/h2-5,7-8,10-11,13,16,20H,6,9,12,14-15,17H2,1H3/t20-/m1/s1. The second-order valence-electron chi connectivity index (χ2n) is 7.14. The molecule has 0 N–H and O–H groups in total. The summed E-state index contributed by atoms with van der Waals surface area (Å²) in [6.07, 6.45) is 7.40. The zero-order chi connectivity index (χ0) is 17.8. The Kier molecular flexibility index (Phi) is 5.12. The van der Waals surface area contributed by atoms with E-state index in [1.165, 1.54) is 30.6 Å². The van der Waals surface area contributed by atoms with Crippen LogP contribution in [0.5, 0.6) is 0 Å². The summed E-state index contributed by atoms with van der Waals surface area (Å²) in [5.74, 6) is 2.46. The molecular formula is C22H26N4. The highest BCUT2D eigenvalue weighted by Gasteiger charge is 2.22. The maximum atomic E-state index is 4.95. The molecule has 26 heavy (non-hydrogen) atoms. The van der Waals surface area contributed by atoms with E-state index in [-0.39, 0.29) is 0 Å². The van der Waals surface area contributed by atoms with E-state index in [9.17, 15) is 0 Å². The quantitative estimate of drug-likeness (QED) is 0.700. The largest absolute Gasteiger partial charge is 0.302 e. The van der Waals surface area contributed by atoms with Crippen LogP contribution in [0, 0.1) is 6.92 Å². The zero-order valence-electron chi connectivity index (χ0n) is 15.4. The first-order chi connectivity index (χ1) is 12.8.